The Balaban J connectivity index is 2.68. The van der Waals surface area contributed by atoms with Crippen LogP contribution in [0.3, 0.4) is 0 Å². The number of pyridine rings is 1. The summed E-state index contributed by atoms with van der Waals surface area (Å²) in [6.45, 7) is 0. The van der Waals surface area contributed by atoms with E-state index in [2.05, 4.69) is 4.98 Å². The lowest BCUT2D eigenvalue weighted by molar-refractivity contribution is 0.579. The van der Waals surface area contributed by atoms with Crippen molar-refractivity contribution >= 4 is 5.69 Å². The first kappa shape index (κ1) is 10.5. The van der Waals surface area contributed by atoms with Crippen LogP contribution in [0, 0.1) is 17.5 Å². The fourth-order valence-corrected chi connectivity index (χ4v) is 1.36. The Hall–Kier alpha value is -2.04. The van der Waals surface area contributed by atoms with Crippen LogP contribution in [0.2, 0.25) is 0 Å². The lowest BCUT2D eigenvalue weighted by atomic mass is 10.1. The predicted octanol–water partition coefficient (Wildman–Crippen LogP) is 2.75. The molecule has 1 aromatic carbocycles. The molecule has 2 aromatic rings. The van der Waals surface area contributed by atoms with E-state index in [0.29, 0.717) is 0 Å². The van der Waals surface area contributed by atoms with Crippen LogP contribution in [0.15, 0.2) is 30.5 Å². The van der Waals surface area contributed by atoms with Crippen molar-refractivity contribution in [2.75, 3.05) is 5.73 Å². The van der Waals surface area contributed by atoms with Crippen LogP contribution in [0.1, 0.15) is 0 Å². The topological polar surface area (TPSA) is 38.9 Å². The summed E-state index contributed by atoms with van der Waals surface area (Å²) >= 11 is 0. The van der Waals surface area contributed by atoms with Gasteiger partial charge in [0.2, 0.25) is 0 Å². The third-order valence-electron chi connectivity index (χ3n) is 2.06. The molecule has 2 N–H and O–H groups in total. The Morgan fingerprint density at radius 3 is 2.19 bits per heavy atom. The van der Waals surface area contributed by atoms with Gasteiger partial charge in [-0.15, -0.1) is 0 Å². The summed E-state index contributed by atoms with van der Waals surface area (Å²) in [6, 6.07) is 4.24. The third kappa shape index (κ3) is 1.71. The zero-order chi connectivity index (χ0) is 11.7. The summed E-state index contributed by atoms with van der Waals surface area (Å²) in [5.41, 5.74) is 4.52. The van der Waals surface area contributed by atoms with E-state index in [1.165, 1.54) is 6.07 Å². The van der Waals surface area contributed by atoms with E-state index in [1.807, 2.05) is 0 Å². The van der Waals surface area contributed by atoms with Crippen LogP contribution < -0.4 is 5.73 Å². The number of halogens is 3. The fraction of sp³-hybridized carbons (Fsp3) is 0. The van der Waals surface area contributed by atoms with Gasteiger partial charge in [0.05, 0.1) is 17.4 Å². The molecule has 5 heteroatoms. The van der Waals surface area contributed by atoms with Gasteiger partial charge >= 0.3 is 0 Å². The Morgan fingerprint density at radius 1 is 1.00 bits per heavy atom. The second-order valence-corrected chi connectivity index (χ2v) is 3.20. The van der Waals surface area contributed by atoms with Crippen LogP contribution in [0.5, 0.6) is 0 Å². The van der Waals surface area contributed by atoms with Gasteiger partial charge < -0.3 is 5.73 Å². The smallest absolute Gasteiger partial charge is 0.151 e. The Kier molecular flexibility index (Phi) is 2.52. The van der Waals surface area contributed by atoms with Crippen molar-refractivity contribution in [1.29, 1.82) is 0 Å². The fourth-order valence-electron chi connectivity index (χ4n) is 1.36. The molecule has 0 radical (unpaired) electrons. The standard InChI is InChI=1S/C11H7F3N2/c12-7-2-1-3-8(13)10(7)11-9(14)4-6(15)5-16-11/h1-5H,15H2. The van der Waals surface area contributed by atoms with Gasteiger partial charge in [0.25, 0.3) is 0 Å². The molecule has 0 spiro atoms. The number of hydrogen-bond donors (Lipinski definition) is 1. The maximum Gasteiger partial charge on any atom is 0.151 e. The minimum atomic E-state index is -0.865. The number of nitrogens with zero attached hydrogens (tertiary/aromatic N) is 1. The van der Waals surface area contributed by atoms with Crippen LogP contribution in [-0.2, 0) is 0 Å². The van der Waals surface area contributed by atoms with Gasteiger partial charge in [-0.05, 0) is 12.1 Å². The van der Waals surface area contributed by atoms with Crippen molar-refractivity contribution in [3.63, 3.8) is 0 Å². The summed E-state index contributed by atoms with van der Waals surface area (Å²) < 4.78 is 40.1. The first-order valence-electron chi connectivity index (χ1n) is 4.45. The molecule has 1 aromatic heterocycles. The monoisotopic (exact) mass is 224 g/mol. The van der Waals surface area contributed by atoms with Gasteiger partial charge in [-0.25, -0.2) is 13.2 Å². The van der Waals surface area contributed by atoms with E-state index in [-0.39, 0.29) is 11.4 Å². The van der Waals surface area contributed by atoms with Crippen molar-refractivity contribution in [1.82, 2.24) is 4.98 Å². The highest BCUT2D eigenvalue weighted by molar-refractivity contribution is 5.62. The van der Waals surface area contributed by atoms with Crippen molar-refractivity contribution in [2.45, 2.75) is 0 Å². The van der Waals surface area contributed by atoms with E-state index in [9.17, 15) is 13.2 Å². The number of anilines is 1. The summed E-state index contributed by atoms with van der Waals surface area (Å²) in [5.74, 6) is -2.59. The van der Waals surface area contributed by atoms with Crippen molar-refractivity contribution in [3.05, 3.63) is 47.9 Å². The van der Waals surface area contributed by atoms with Crippen molar-refractivity contribution in [2.24, 2.45) is 0 Å². The minimum absolute atomic E-state index is 0.0954. The molecule has 0 amide bonds. The van der Waals surface area contributed by atoms with Crippen molar-refractivity contribution < 1.29 is 13.2 Å². The molecule has 0 atom stereocenters. The Morgan fingerprint density at radius 2 is 1.62 bits per heavy atom. The highest BCUT2D eigenvalue weighted by Crippen LogP contribution is 2.26. The quantitative estimate of drug-likeness (QED) is 0.808. The van der Waals surface area contributed by atoms with Crippen LogP contribution in [0.25, 0.3) is 11.3 Å². The highest BCUT2D eigenvalue weighted by atomic mass is 19.1. The highest BCUT2D eigenvalue weighted by Gasteiger charge is 2.16. The van der Waals surface area contributed by atoms with Gasteiger partial charge in [-0.3, -0.25) is 4.98 Å². The molecule has 0 aliphatic heterocycles. The van der Waals surface area contributed by atoms with E-state index in [4.69, 9.17) is 5.73 Å². The third-order valence-corrected chi connectivity index (χ3v) is 2.06. The van der Waals surface area contributed by atoms with E-state index in [0.717, 1.165) is 24.4 Å². The second kappa shape index (κ2) is 3.84. The molecule has 0 unspecified atom stereocenters. The predicted molar refractivity (Wildman–Crippen MR) is 54.0 cm³/mol. The molecule has 0 saturated heterocycles. The first-order valence-corrected chi connectivity index (χ1v) is 4.45. The number of aromatic nitrogens is 1. The Bertz CT molecular complexity index is 520. The molecule has 1 heterocycles. The van der Waals surface area contributed by atoms with Gasteiger partial charge in [0, 0.05) is 6.07 Å². The number of hydrogen-bond acceptors (Lipinski definition) is 2. The summed E-state index contributed by atoms with van der Waals surface area (Å²) in [5, 5.41) is 0. The SMILES string of the molecule is Nc1cnc(-c2c(F)cccc2F)c(F)c1. The molecule has 0 aliphatic carbocycles. The molecule has 82 valence electrons. The number of nitrogens with two attached hydrogens (primary N) is 1. The lowest BCUT2D eigenvalue weighted by Gasteiger charge is -2.05. The molecule has 2 nitrogen and oxygen atoms in total. The molecule has 16 heavy (non-hydrogen) atoms. The van der Waals surface area contributed by atoms with Gasteiger partial charge in [0.1, 0.15) is 17.3 Å². The van der Waals surface area contributed by atoms with E-state index >= 15 is 0 Å². The summed E-state index contributed by atoms with van der Waals surface area (Å²) in [4.78, 5) is 3.59. The van der Waals surface area contributed by atoms with Crippen molar-refractivity contribution in [3.8, 4) is 11.3 Å². The molecule has 0 fully saturated rings. The summed E-state index contributed by atoms with van der Waals surface area (Å²) in [7, 11) is 0. The average molecular weight is 224 g/mol. The van der Waals surface area contributed by atoms with Crippen LogP contribution in [0.4, 0.5) is 18.9 Å². The summed E-state index contributed by atoms with van der Waals surface area (Å²) in [6.07, 6.45) is 1.14. The molecular formula is C11H7F3N2. The second-order valence-electron chi connectivity index (χ2n) is 3.20. The van der Waals surface area contributed by atoms with E-state index in [1.54, 1.807) is 0 Å². The zero-order valence-electron chi connectivity index (χ0n) is 8.05. The minimum Gasteiger partial charge on any atom is -0.397 e. The number of nitrogen functional groups attached to an aromatic ring is 1. The van der Waals surface area contributed by atoms with Crippen LogP contribution in [-0.4, -0.2) is 4.98 Å². The molecule has 0 bridgehead atoms. The Labute approximate surface area is 89.5 Å². The number of rotatable bonds is 1. The van der Waals surface area contributed by atoms with Gasteiger partial charge in [0.15, 0.2) is 5.82 Å². The van der Waals surface area contributed by atoms with E-state index < -0.39 is 23.0 Å². The average Bonchev–Trinajstić information content (AvgIpc) is 2.20. The molecule has 0 saturated carbocycles. The van der Waals surface area contributed by atoms with Crippen LogP contribution >= 0.6 is 0 Å². The van der Waals surface area contributed by atoms with Gasteiger partial charge in [-0.2, -0.15) is 0 Å². The number of benzene rings is 1. The lowest BCUT2D eigenvalue weighted by Crippen LogP contribution is -1.97. The maximum atomic E-state index is 13.4. The molecule has 0 aliphatic rings. The largest absolute Gasteiger partial charge is 0.397 e. The normalized spacial score (nSPS) is 10.4. The molecule has 2 rings (SSSR count). The first-order chi connectivity index (χ1) is 7.59. The van der Waals surface area contributed by atoms with Gasteiger partial charge in [-0.1, -0.05) is 6.07 Å². The zero-order valence-corrected chi connectivity index (χ0v) is 8.05. The maximum absolute atomic E-state index is 13.4. The molecular weight excluding hydrogens is 217 g/mol.